The van der Waals surface area contributed by atoms with E-state index in [-0.39, 0.29) is 5.41 Å². The topological polar surface area (TPSA) is 46.0 Å². The molecular formula is C13H20F3N5. The van der Waals surface area contributed by atoms with E-state index >= 15 is 0 Å². The Morgan fingerprint density at radius 1 is 1.19 bits per heavy atom. The van der Waals surface area contributed by atoms with Crippen LogP contribution >= 0.6 is 0 Å². The maximum Gasteiger partial charge on any atom is 0.451 e. The first-order valence-electron chi connectivity index (χ1n) is 7.30. The molecule has 0 spiro atoms. The van der Waals surface area contributed by atoms with E-state index in [2.05, 4.69) is 27.3 Å². The Bertz CT molecular complexity index is 504. The fraction of sp³-hybridized carbons (Fsp3) is 0.846. The van der Waals surface area contributed by atoms with Crippen molar-refractivity contribution in [2.75, 3.05) is 26.2 Å². The summed E-state index contributed by atoms with van der Waals surface area (Å²) in [7, 11) is 0. The van der Waals surface area contributed by atoms with Crippen molar-refractivity contribution in [1.29, 1.82) is 0 Å². The summed E-state index contributed by atoms with van der Waals surface area (Å²) in [6.45, 7) is 6.57. The van der Waals surface area contributed by atoms with Crippen molar-refractivity contribution in [2.24, 2.45) is 5.41 Å². The Kier molecular flexibility index (Phi) is 3.69. The molecule has 0 unspecified atom stereocenters. The third-order valence-corrected chi connectivity index (χ3v) is 4.50. The molecule has 2 aliphatic heterocycles. The van der Waals surface area contributed by atoms with Gasteiger partial charge in [-0.05, 0) is 31.3 Å². The fourth-order valence-electron chi connectivity index (χ4n) is 3.28. The number of nitrogens with zero attached hydrogens (tertiary/aromatic N) is 4. The lowest BCUT2D eigenvalue weighted by atomic mass is 9.80. The van der Waals surface area contributed by atoms with Gasteiger partial charge in [0.15, 0.2) is 0 Å². The van der Waals surface area contributed by atoms with Gasteiger partial charge in [0.2, 0.25) is 5.82 Å². The molecule has 5 nitrogen and oxygen atoms in total. The highest BCUT2D eigenvalue weighted by Crippen LogP contribution is 2.32. The molecular weight excluding hydrogens is 283 g/mol. The first-order chi connectivity index (χ1) is 9.87. The van der Waals surface area contributed by atoms with E-state index in [1.54, 1.807) is 0 Å². The van der Waals surface area contributed by atoms with Crippen LogP contribution in [0.1, 0.15) is 31.4 Å². The maximum atomic E-state index is 12.8. The molecule has 1 fully saturated rings. The van der Waals surface area contributed by atoms with E-state index in [4.69, 9.17) is 0 Å². The molecule has 3 rings (SSSR count). The summed E-state index contributed by atoms with van der Waals surface area (Å²) < 4.78 is 39.6. The number of fused-ring (bicyclic) bond motifs is 1. The van der Waals surface area contributed by atoms with E-state index < -0.39 is 12.0 Å². The molecule has 1 aromatic heterocycles. The monoisotopic (exact) mass is 303 g/mol. The molecule has 0 saturated carbocycles. The van der Waals surface area contributed by atoms with Gasteiger partial charge in [0.1, 0.15) is 5.82 Å². The van der Waals surface area contributed by atoms with Crippen LogP contribution < -0.4 is 5.32 Å². The van der Waals surface area contributed by atoms with E-state index in [9.17, 15) is 13.2 Å². The minimum absolute atomic E-state index is 0.236. The quantitative estimate of drug-likeness (QED) is 0.899. The van der Waals surface area contributed by atoms with Gasteiger partial charge in [0.05, 0.1) is 6.54 Å². The Labute approximate surface area is 121 Å². The number of hydrogen-bond acceptors (Lipinski definition) is 4. The molecule has 0 amide bonds. The predicted octanol–water partition coefficient (Wildman–Crippen LogP) is 1.50. The van der Waals surface area contributed by atoms with Crippen LogP contribution in [-0.4, -0.2) is 45.8 Å². The van der Waals surface area contributed by atoms with Gasteiger partial charge >= 0.3 is 6.18 Å². The Balaban J connectivity index is 1.69. The average molecular weight is 303 g/mol. The van der Waals surface area contributed by atoms with Crippen LogP contribution in [0.2, 0.25) is 0 Å². The van der Waals surface area contributed by atoms with E-state index in [0.717, 1.165) is 32.5 Å². The third kappa shape index (κ3) is 3.06. The van der Waals surface area contributed by atoms with Crippen LogP contribution in [0.3, 0.4) is 0 Å². The predicted molar refractivity (Wildman–Crippen MR) is 70.5 cm³/mol. The Morgan fingerprint density at radius 3 is 2.57 bits per heavy atom. The van der Waals surface area contributed by atoms with Crippen LogP contribution in [0, 0.1) is 5.41 Å². The number of aromatic nitrogens is 3. The van der Waals surface area contributed by atoms with Crippen molar-refractivity contribution in [2.45, 2.75) is 39.0 Å². The zero-order chi connectivity index (χ0) is 15.1. The number of alkyl halides is 3. The molecule has 2 aliphatic rings. The minimum atomic E-state index is -4.42. The lowest BCUT2D eigenvalue weighted by molar-refractivity contribution is -0.148. The molecule has 0 aliphatic carbocycles. The first kappa shape index (κ1) is 14.8. The molecule has 118 valence electrons. The summed E-state index contributed by atoms with van der Waals surface area (Å²) in [6.07, 6.45) is -2.22. The zero-order valence-electron chi connectivity index (χ0n) is 12.1. The molecule has 1 N–H and O–H groups in total. The van der Waals surface area contributed by atoms with Gasteiger partial charge in [0.25, 0.3) is 0 Å². The minimum Gasteiger partial charge on any atom is -0.317 e. The van der Waals surface area contributed by atoms with Crippen molar-refractivity contribution in [3.8, 4) is 0 Å². The normalized spacial score (nSPS) is 23.0. The van der Waals surface area contributed by atoms with Gasteiger partial charge in [-0.2, -0.15) is 13.2 Å². The van der Waals surface area contributed by atoms with Crippen molar-refractivity contribution in [3.63, 3.8) is 0 Å². The zero-order valence-corrected chi connectivity index (χ0v) is 12.1. The smallest absolute Gasteiger partial charge is 0.317 e. The number of halogens is 3. The van der Waals surface area contributed by atoms with Crippen molar-refractivity contribution in [1.82, 2.24) is 25.0 Å². The summed E-state index contributed by atoms with van der Waals surface area (Å²) in [6, 6.07) is 0. The highest BCUT2D eigenvalue weighted by molar-refractivity contribution is 5.02. The SMILES string of the molecule is CC1(CN2CCn3c(nnc3C(F)(F)F)C2)CCNCC1. The van der Waals surface area contributed by atoms with Gasteiger partial charge < -0.3 is 9.88 Å². The van der Waals surface area contributed by atoms with Crippen LogP contribution in [0.25, 0.3) is 0 Å². The van der Waals surface area contributed by atoms with Crippen LogP contribution in [0.5, 0.6) is 0 Å². The first-order valence-corrected chi connectivity index (χ1v) is 7.30. The van der Waals surface area contributed by atoms with Gasteiger partial charge in [-0.1, -0.05) is 6.92 Å². The summed E-state index contributed by atoms with van der Waals surface area (Å²) in [5.41, 5.74) is 0.236. The number of hydrogen-bond donors (Lipinski definition) is 1. The standard InChI is InChI=1S/C13H20F3N5/c1-12(2-4-17-5-3-12)9-20-6-7-21-10(8-20)18-19-11(21)13(14,15)16/h17H,2-9H2,1H3. The van der Waals surface area contributed by atoms with Crippen LogP contribution in [-0.2, 0) is 19.3 Å². The van der Waals surface area contributed by atoms with Gasteiger partial charge in [-0.25, -0.2) is 0 Å². The molecule has 8 heteroatoms. The van der Waals surface area contributed by atoms with Gasteiger partial charge in [-0.3, -0.25) is 4.90 Å². The largest absolute Gasteiger partial charge is 0.451 e. The van der Waals surface area contributed by atoms with Crippen molar-refractivity contribution in [3.05, 3.63) is 11.6 Å². The lowest BCUT2D eigenvalue weighted by Gasteiger charge is -2.39. The highest BCUT2D eigenvalue weighted by atomic mass is 19.4. The van der Waals surface area contributed by atoms with Crippen LogP contribution in [0.15, 0.2) is 0 Å². The molecule has 0 radical (unpaired) electrons. The second-order valence-electron chi connectivity index (χ2n) is 6.36. The third-order valence-electron chi connectivity index (χ3n) is 4.50. The van der Waals surface area contributed by atoms with E-state index in [0.29, 0.717) is 25.5 Å². The number of nitrogens with one attached hydrogen (secondary N) is 1. The van der Waals surface area contributed by atoms with Crippen molar-refractivity contribution < 1.29 is 13.2 Å². The van der Waals surface area contributed by atoms with Gasteiger partial charge in [0, 0.05) is 19.6 Å². The number of rotatable bonds is 2. The molecule has 0 bridgehead atoms. The van der Waals surface area contributed by atoms with E-state index in [1.165, 1.54) is 4.57 Å². The lowest BCUT2D eigenvalue weighted by Crippen LogP contribution is -2.45. The molecule has 0 aromatic carbocycles. The van der Waals surface area contributed by atoms with Crippen LogP contribution in [0.4, 0.5) is 13.2 Å². The fourth-order valence-corrected chi connectivity index (χ4v) is 3.28. The number of piperidine rings is 1. The average Bonchev–Trinajstić information content (AvgIpc) is 2.82. The molecule has 1 aromatic rings. The summed E-state index contributed by atoms with van der Waals surface area (Å²) in [5, 5.41) is 10.4. The van der Waals surface area contributed by atoms with E-state index in [1.807, 2.05) is 0 Å². The molecule has 3 heterocycles. The summed E-state index contributed by atoms with van der Waals surface area (Å²) in [5.74, 6) is -0.448. The maximum absolute atomic E-state index is 12.8. The van der Waals surface area contributed by atoms with Gasteiger partial charge in [-0.15, -0.1) is 10.2 Å². The second-order valence-corrected chi connectivity index (χ2v) is 6.36. The highest BCUT2D eigenvalue weighted by Gasteiger charge is 2.40. The molecule has 1 saturated heterocycles. The molecule has 21 heavy (non-hydrogen) atoms. The summed E-state index contributed by atoms with van der Waals surface area (Å²) >= 11 is 0. The van der Waals surface area contributed by atoms with Crippen molar-refractivity contribution >= 4 is 0 Å². The molecule has 0 atom stereocenters. The Hall–Kier alpha value is -1.15. The summed E-state index contributed by atoms with van der Waals surface area (Å²) in [4.78, 5) is 2.20. The second kappa shape index (κ2) is 5.24. The Morgan fingerprint density at radius 2 is 1.90 bits per heavy atom.